The molecule has 0 atom stereocenters. The van der Waals surface area contributed by atoms with E-state index in [1.165, 1.54) is 6.92 Å². The van der Waals surface area contributed by atoms with Gasteiger partial charge in [0.15, 0.2) is 31.6 Å². The van der Waals surface area contributed by atoms with Crippen LogP contribution in [0.3, 0.4) is 0 Å². The maximum absolute atomic E-state index is 14.7. The summed E-state index contributed by atoms with van der Waals surface area (Å²) in [6, 6.07) is 9.97. The van der Waals surface area contributed by atoms with Crippen molar-refractivity contribution in [1.82, 2.24) is 9.13 Å². The minimum Gasteiger partial charge on any atom is -0.741 e. The van der Waals surface area contributed by atoms with Crippen LogP contribution in [0.2, 0.25) is 0 Å². The highest BCUT2D eigenvalue weighted by Gasteiger charge is 2.58. The number of benzene rings is 1. The van der Waals surface area contributed by atoms with Crippen molar-refractivity contribution in [2.24, 2.45) is 14.1 Å². The van der Waals surface area contributed by atoms with Gasteiger partial charge in [0.1, 0.15) is 24.8 Å². The second kappa shape index (κ2) is 12.8. The van der Waals surface area contributed by atoms with Crippen molar-refractivity contribution in [3.05, 3.63) is 49.1 Å². The number of rotatable bonds is 0. The second-order valence-electron chi connectivity index (χ2n) is 9.45. The molecule has 12 nitrogen and oxygen atoms in total. The van der Waals surface area contributed by atoms with Gasteiger partial charge in [0, 0.05) is 12.1 Å². The molecule has 1 aromatic carbocycles. The number of hydrogen-bond donors (Lipinski definition) is 0. The molecule has 3 heterocycles. The maximum atomic E-state index is 14.7. The van der Waals surface area contributed by atoms with Gasteiger partial charge >= 0.3 is 29.3 Å². The molecular formula is C22H26F6N5O7PS2. The quantitative estimate of drug-likeness (QED) is 0.114. The summed E-state index contributed by atoms with van der Waals surface area (Å²) in [5.74, 6) is 0. The Kier molecular flexibility index (Phi) is 11.2. The largest absolute Gasteiger partial charge is 0.741 e. The maximum Gasteiger partial charge on any atom is 0.485 e. The van der Waals surface area contributed by atoms with Crippen molar-refractivity contribution < 1.29 is 66.0 Å². The van der Waals surface area contributed by atoms with E-state index >= 15 is 0 Å². The molecule has 0 spiro atoms. The van der Waals surface area contributed by atoms with Crippen molar-refractivity contribution >= 4 is 38.5 Å². The standard InChI is InChI=1S/C18H23N4OP.C2H3N.2CHF3O3S/c1-18(2,3)24(23)16-19(4)10-12-21(16)14-8-6-7-9-15(14)22-13-11-20(5)17(22)24;1-2-3;2*2-1(3,4)8(5,6)7/h6-13H,1-5H3;1H3;2*(H,5,6,7)/q+2;;;/p-2. The number of alkyl halides is 6. The minimum atomic E-state index is -6.09. The highest BCUT2D eigenvalue weighted by atomic mass is 32.2. The summed E-state index contributed by atoms with van der Waals surface area (Å²) in [5, 5.41) is 6.91. The molecule has 240 valence electrons. The highest BCUT2D eigenvalue weighted by Crippen LogP contribution is 2.55. The first-order valence-corrected chi connectivity index (χ1v) is 15.9. The van der Waals surface area contributed by atoms with Crippen molar-refractivity contribution in [2.45, 2.75) is 43.9 Å². The van der Waals surface area contributed by atoms with E-state index in [0.717, 1.165) is 22.5 Å². The zero-order valence-electron chi connectivity index (χ0n) is 23.2. The van der Waals surface area contributed by atoms with Crippen molar-refractivity contribution in [2.75, 3.05) is 0 Å². The Morgan fingerprint density at radius 3 is 1.26 bits per heavy atom. The van der Waals surface area contributed by atoms with Crippen LogP contribution in [0.15, 0.2) is 49.1 Å². The van der Waals surface area contributed by atoms with E-state index in [-0.39, 0.29) is 0 Å². The summed E-state index contributed by atoms with van der Waals surface area (Å²) < 4.78 is 141. The van der Waals surface area contributed by atoms with Crippen LogP contribution in [0.25, 0.3) is 11.4 Å². The molecule has 0 unspecified atom stereocenters. The van der Waals surface area contributed by atoms with Crippen LogP contribution < -0.4 is 20.3 Å². The van der Waals surface area contributed by atoms with E-state index in [9.17, 15) is 30.9 Å². The fraction of sp³-hybridized carbons (Fsp3) is 0.409. The molecule has 1 aliphatic rings. The van der Waals surface area contributed by atoms with Gasteiger partial charge in [-0.25, -0.2) is 26.0 Å². The van der Waals surface area contributed by atoms with Crippen molar-refractivity contribution in [1.29, 1.82) is 5.26 Å². The minimum absolute atomic E-state index is 0.406. The Hall–Kier alpha value is -3.24. The molecule has 0 amide bonds. The van der Waals surface area contributed by atoms with E-state index in [1.54, 1.807) is 6.07 Å². The fourth-order valence-corrected chi connectivity index (χ4v) is 6.98. The number of halogens is 6. The Morgan fingerprint density at radius 1 is 0.791 bits per heavy atom. The Labute approximate surface area is 243 Å². The lowest BCUT2D eigenvalue weighted by molar-refractivity contribution is -0.656. The molecule has 0 N–H and O–H groups in total. The first-order valence-electron chi connectivity index (χ1n) is 11.4. The average molecular weight is 682 g/mol. The number of nitrogens with zero attached hydrogens (tertiary/aromatic N) is 5. The molecule has 43 heavy (non-hydrogen) atoms. The van der Waals surface area contributed by atoms with Crippen molar-refractivity contribution in [3.8, 4) is 17.4 Å². The first kappa shape index (κ1) is 37.8. The molecule has 0 radical (unpaired) electrons. The number of nitriles is 1. The highest BCUT2D eigenvalue weighted by molar-refractivity contribution is 7.86. The summed E-state index contributed by atoms with van der Waals surface area (Å²) in [6.07, 6.45) is 8.00. The molecule has 0 aliphatic carbocycles. The van der Waals surface area contributed by atoms with Crippen LogP contribution in [0, 0.1) is 11.3 Å². The monoisotopic (exact) mass is 681 g/mol. The van der Waals surface area contributed by atoms with E-state index in [1.807, 2.05) is 60.1 Å². The van der Waals surface area contributed by atoms with Gasteiger partial charge < -0.3 is 9.11 Å². The summed E-state index contributed by atoms with van der Waals surface area (Å²) in [6.45, 7) is 7.63. The SMILES string of the molecule is CC#N.C[n+]1ccn2c1P(=O)(C(C)(C)C)c1n(cc[n+]1C)-c1ccccc1-2.O=S(=O)([O-])C(F)(F)F.O=S(=O)([O-])C(F)(F)F. The van der Waals surface area contributed by atoms with Crippen LogP contribution in [-0.2, 0) is 38.9 Å². The van der Waals surface area contributed by atoms with Gasteiger partial charge in [-0.3, -0.25) is 4.57 Å². The number of fused-ring (bicyclic) bond motifs is 5. The second-order valence-corrected chi connectivity index (χ2v) is 15.6. The Bertz CT molecular complexity index is 1660. The van der Waals surface area contributed by atoms with Gasteiger partial charge in [-0.05, 0) is 12.1 Å². The van der Waals surface area contributed by atoms with Crippen molar-refractivity contribution in [3.63, 3.8) is 0 Å². The molecule has 0 saturated carbocycles. The van der Waals surface area contributed by atoms with Crippen LogP contribution in [0.5, 0.6) is 0 Å². The molecule has 1 aliphatic heterocycles. The van der Waals surface area contributed by atoms with E-state index in [2.05, 4.69) is 42.0 Å². The van der Waals surface area contributed by atoms with Gasteiger partial charge in [0.25, 0.3) is 0 Å². The van der Waals surface area contributed by atoms with E-state index in [0.29, 0.717) is 0 Å². The summed E-state index contributed by atoms with van der Waals surface area (Å²) >= 11 is 0. The average Bonchev–Trinajstić information content (AvgIpc) is 3.37. The van der Waals surface area contributed by atoms with Crippen LogP contribution >= 0.6 is 7.14 Å². The third-order valence-electron chi connectivity index (χ3n) is 5.42. The predicted molar refractivity (Wildman–Crippen MR) is 137 cm³/mol. The third-order valence-corrected chi connectivity index (χ3v) is 10.6. The van der Waals surface area contributed by atoms with Gasteiger partial charge in [-0.1, -0.05) is 32.9 Å². The molecule has 0 fully saturated rings. The van der Waals surface area contributed by atoms with Crippen LogP contribution in [0.4, 0.5) is 26.3 Å². The van der Waals surface area contributed by atoms with E-state index < -0.39 is 43.6 Å². The summed E-state index contributed by atoms with van der Waals surface area (Å²) in [7, 11) is -11.2. The smallest absolute Gasteiger partial charge is 0.485 e. The zero-order chi connectivity index (χ0) is 34.0. The Balaban J connectivity index is 0.000000402. The molecule has 3 aromatic rings. The number of hydrogen-bond acceptors (Lipinski definition) is 8. The molecule has 2 aromatic heterocycles. The Morgan fingerprint density at radius 2 is 1.05 bits per heavy atom. The first-order chi connectivity index (χ1) is 19.2. The molecule has 0 saturated heterocycles. The topological polar surface area (TPSA) is 173 Å². The lowest BCUT2D eigenvalue weighted by Crippen LogP contribution is -2.56. The van der Waals surface area contributed by atoms with E-state index in [4.69, 9.17) is 31.2 Å². The third kappa shape index (κ3) is 8.03. The number of para-hydroxylation sites is 2. The number of aryl methyl sites for hydroxylation is 2. The molecular weight excluding hydrogens is 655 g/mol. The lowest BCUT2D eigenvalue weighted by Gasteiger charge is -2.25. The molecule has 4 rings (SSSR count). The van der Waals surface area contributed by atoms with Crippen LogP contribution in [-0.4, -0.2) is 51.2 Å². The van der Waals surface area contributed by atoms with Crippen LogP contribution in [0.1, 0.15) is 27.7 Å². The van der Waals surface area contributed by atoms with Gasteiger partial charge in [-0.2, -0.15) is 40.7 Å². The zero-order valence-corrected chi connectivity index (χ0v) is 25.8. The fourth-order valence-electron chi connectivity index (χ4n) is 3.62. The molecule has 21 heteroatoms. The normalized spacial score (nSPS) is 14.0. The summed E-state index contributed by atoms with van der Waals surface area (Å²) in [5.41, 5.74) is -7.48. The van der Waals surface area contributed by atoms with Gasteiger partial charge in [0.05, 0.1) is 20.2 Å². The van der Waals surface area contributed by atoms with Gasteiger partial charge in [0.2, 0.25) is 0 Å². The van der Waals surface area contributed by atoms with Gasteiger partial charge in [-0.15, -0.1) is 0 Å². The molecule has 0 bridgehead atoms. The number of aromatic nitrogens is 4. The number of imidazole rings is 2. The predicted octanol–water partition coefficient (Wildman–Crippen LogP) is 1.98. The summed E-state index contributed by atoms with van der Waals surface area (Å²) in [4.78, 5) is 0. The lowest BCUT2D eigenvalue weighted by atomic mass is 10.2.